The van der Waals surface area contributed by atoms with Gasteiger partial charge >= 0.3 is 12.1 Å². The summed E-state index contributed by atoms with van der Waals surface area (Å²) in [7, 11) is 0. The van der Waals surface area contributed by atoms with Crippen LogP contribution in [-0.2, 0) is 11.0 Å². The second-order valence-electron chi connectivity index (χ2n) is 5.21. The van der Waals surface area contributed by atoms with Crippen molar-refractivity contribution in [2.45, 2.75) is 25.9 Å². The molecule has 0 radical (unpaired) electrons. The maximum atomic E-state index is 12.4. The highest BCUT2D eigenvalue weighted by Crippen LogP contribution is 2.32. The van der Waals surface area contributed by atoms with Crippen molar-refractivity contribution in [3.8, 4) is 11.4 Å². The van der Waals surface area contributed by atoms with Gasteiger partial charge in [0.2, 0.25) is 11.7 Å². The zero-order chi connectivity index (χ0) is 15.9. The third-order valence-electron chi connectivity index (χ3n) is 3.36. The van der Waals surface area contributed by atoms with E-state index >= 15 is 0 Å². The molecule has 0 atom stereocenters. The van der Waals surface area contributed by atoms with Crippen LogP contribution < -0.4 is 5.32 Å². The van der Waals surface area contributed by atoms with Gasteiger partial charge in [-0.1, -0.05) is 5.16 Å². The number of rotatable bonds is 3. The molecule has 116 valence electrons. The molecule has 1 heterocycles. The van der Waals surface area contributed by atoms with Crippen molar-refractivity contribution in [2.75, 3.05) is 5.32 Å². The molecule has 1 fully saturated rings. The Labute approximate surface area is 123 Å². The van der Waals surface area contributed by atoms with Crippen molar-refractivity contribution in [1.82, 2.24) is 10.1 Å². The van der Waals surface area contributed by atoms with Crippen molar-refractivity contribution < 1.29 is 22.5 Å². The number of benzene rings is 1. The molecule has 1 aromatic carbocycles. The highest BCUT2D eigenvalue weighted by Gasteiger charge is 2.38. The van der Waals surface area contributed by atoms with Gasteiger partial charge in [-0.25, -0.2) is 0 Å². The van der Waals surface area contributed by atoms with Crippen LogP contribution in [0.15, 0.2) is 22.7 Å². The number of amides is 1. The Morgan fingerprint density at radius 1 is 1.36 bits per heavy atom. The molecule has 1 N–H and O–H groups in total. The van der Waals surface area contributed by atoms with Crippen LogP contribution in [0.4, 0.5) is 18.9 Å². The van der Waals surface area contributed by atoms with Gasteiger partial charge in [0.15, 0.2) is 0 Å². The smallest absolute Gasteiger partial charge is 0.329 e. The van der Waals surface area contributed by atoms with Gasteiger partial charge in [-0.3, -0.25) is 4.79 Å². The van der Waals surface area contributed by atoms with Crippen LogP contribution in [0.25, 0.3) is 11.4 Å². The minimum atomic E-state index is -4.67. The first-order chi connectivity index (χ1) is 10.3. The minimum absolute atomic E-state index is 0.0326. The Balaban J connectivity index is 1.82. The summed E-state index contributed by atoms with van der Waals surface area (Å²) >= 11 is 0. The molecule has 8 heteroatoms. The number of nitrogens with zero attached hydrogens (tertiary/aromatic N) is 2. The summed E-state index contributed by atoms with van der Waals surface area (Å²) in [5.74, 6) is -1.48. The summed E-state index contributed by atoms with van der Waals surface area (Å²) in [6, 6.07) is 4.77. The van der Waals surface area contributed by atoms with Crippen LogP contribution in [0.1, 0.15) is 24.3 Å². The SMILES string of the molecule is Cc1cc(-c2noc(C(F)(F)F)n2)ccc1NC(=O)C1CC1. The van der Waals surface area contributed by atoms with Crippen LogP contribution in [0.2, 0.25) is 0 Å². The Morgan fingerprint density at radius 3 is 2.64 bits per heavy atom. The number of alkyl halides is 3. The van der Waals surface area contributed by atoms with E-state index in [1.807, 2.05) is 0 Å². The highest BCUT2D eigenvalue weighted by atomic mass is 19.4. The summed E-state index contributed by atoms with van der Waals surface area (Å²) in [6.07, 6.45) is -2.88. The standard InChI is InChI=1S/C14H12F3N3O2/c1-7-6-9(11-19-13(22-20-11)14(15,16)17)4-5-10(7)18-12(21)8-2-3-8/h4-6,8H,2-3H2,1H3,(H,18,21). The number of carbonyl (C=O) groups excluding carboxylic acids is 1. The van der Waals surface area contributed by atoms with E-state index in [9.17, 15) is 18.0 Å². The first-order valence-electron chi connectivity index (χ1n) is 6.67. The molecule has 2 aromatic rings. The van der Waals surface area contributed by atoms with Crippen LogP contribution in [-0.4, -0.2) is 16.0 Å². The topological polar surface area (TPSA) is 68.0 Å². The van der Waals surface area contributed by atoms with E-state index < -0.39 is 12.1 Å². The van der Waals surface area contributed by atoms with Crippen LogP contribution in [0, 0.1) is 12.8 Å². The van der Waals surface area contributed by atoms with Gasteiger partial charge in [-0.2, -0.15) is 18.2 Å². The average Bonchev–Trinajstić information content (AvgIpc) is 3.16. The maximum Gasteiger partial charge on any atom is 0.471 e. The third-order valence-corrected chi connectivity index (χ3v) is 3.36. The van der Waals surface area contributed by atoms with Crippen molar-refractivity contribution in [3.05, 3.63) is 29.7 Å². The fourth-order valence-corrected chi connectivity index (χ4v) is 1.98. The summed E-state index contributed by atoms with van der Waals surface area (Å²) in [5.41, 5.74) is 1.73. The first kappa shape index (κ1) is 14.6. The van der Waals surface area contributed by atoms with Gasteiger partial charge in [0.25, 0.3) is 0 Å². The minimum Gasteiger partial charge on any atom is -0.329 e. The number of halogens is 3. The molecule has 1 aromatic heterocycles. The van der Waals surface area contributed by atoms with E-state index in [1.165, 1.54) is 0 Å². The van der Waals surface area contributed by atoms with Gasteiger partial charge in [-0.15, -0.1) is 0 Å². The lowest BCUT2D eigenvalue weighted by atomic mass is 10.1. The normalized spacial score (nSPS) is 14.9. The third kappa shape index (κ3) is 2.95. The number of aryl methyl sites for hydroxylation is 1. The number of carbonyl (C=O) groups is 1. The summed E-state index contributed by atoms with van der Waals surface area (Å²) < 4.78 is 41.5. The Morgan fingerprint density at radius 2 is 2.09 bits per heavy atom. The number of anilines is 1. The molecule has 1 aliphatic rings. The van der Waals surface area contributed by atoms with E-state index in [0.717, 1.165) is 12.8 Å². The predicted molar refractivity (Wildman–Crippen MR) is 70.8 cm³/mol. The van der Waals surface area contributed by atoms with Crippen LogP contribution in [0.5, 0.6) is 0 Å². The van der Waals surface area contributed by atoms with Crippen molar-refractivity contribution in [1.29, 1.82) is 0 Å². The number of nitrogens with one attached hydrogen (secondary N) is 1. The molecule has 0 bridgehead atoms. The highest BCUT2D eigenvalue weighted by molar-refractivity contribution is 5.94. The van der Waals surface area contributed by atoms with Crippen LogP contribution >= 0.6 is 0 Å². The van der Waals surface area contributed by atoms with E-state index in [-0.39, 0.29) is 17.6 Å². The maximum absolute atomic E-state index is 12.4. The zero-order valence-electron chi connectivity index (χ0n) is 11.6. The monoisotopic (exact) mass is 311 g/mol. The van der Waals surface area contributed by atoms with Gasteiger partial charge in [0.05, 0.1) is 0 Å². The average molecular weight is 311 g/mol. The van der Waals surface area contributed by atoms with E-state index in [4.69, 9.17) is 0 Å². The Hall–Kier alpha value is -2.38. The van der Waals surface area contributed by atoms with Crippen molar-refractivity contribution in [2.24, 2.45) is 5.92 Å². The Kier molecular flexibility index (Phi) is 3.38. The lowest BCUT2D eigenvalue weighted by molar-refractivity contribution is -0.159. The molecule has 22 heavy (non-hydrogen) atoms. The van der Waals surface area contributed by atoms with Gasteiger partial charge in [-0.05, 0) is 43.5 Å². The fourth-order valence-electron chi connectivity index (χ4n) is 1.98. The Bertz CT molecular complexity index is 720. The van der Waals surface area contributed by atoms with E-state index in [1.54, 1.807) is 25.1 Å². The fraction of sp³-hybridized carbons (Fsp3) is 0.357. The van der Waals surface area contributed by atoms with Gasteiger partial charge < -0.3 is 9.84 Å². The number of hydrogen-bond donors (Lipinski definition) is 1. The summed E-state index contributed by atoms with van der Waals surface area (Å²) in [4.78, 5) is 15.1. The number of hydrogen-bond acceptors (Lipinski definition) is 4. The molecular weight excluding hydrogens is 299 g/mol. The first-order valence-corrected chi connectivity index (χ1v) is 6.67. The largest absolute Gasteiger partial charge is 0.471 e. The quantitative estimate of drug-likeness (QED) is 0.943. The van der Waals surface area contributed by atoms with Gasteiger partial charge in [0, 0.05) is 17.2 Å². The second kappa shape index (κ2) is 5.11. The lowest BCUT2D eigenvalue weighted by Crippen LogP contribution is -2.14. The van der Waals surface area contributed by atoms with Gasteiger partial charge in [0.1, 0.15) is 0 Å². The molecule has 5 nitrogen and oxygen atoms in total. The molecule has 0 aliphatic heterocycles. The van der Waals surface area contributed by atoms with Crippen molar-refractivity contribution >= 4 is 11.6 Å². The molecule has 0 saturated heterocycles. The molecular formula is C14H12F3N3O2. The van der Waals surface area contributed by atoms with Crippen LogP contribution in [0.3, 0.4) is 0 Å². The van der Waals surface area contributed by atoms with Crippen molar-refractivity contribution in [3.63, 3.8) is 0 Å². The van der Waals surface area contributed by atoms with E-state index in [0.29, 0.717) is 16.8 Å². The molecule has 0 spiro atoms. The predicted octanol–water partition coefficient (Wildman–Crippen LogP) is 3.41. The molecule has 0 unspecified atom stereocenters. The lowest BCUT2D eigenvalue weighted by Gasteiger charge is -2.08. The summed E-state index contributed by atoms with van der Waals surface area (Å²) in [5, 5.41) is 6.13. The number of aromatic nitrogens is 2. The molecule has 1 amide bonds. The van der Waals surface area contributed by atoms with E-state index in [2.05, 4.69) is 20.0 Å². The molecule has 1 saturated carbocycles. The molecule has 1 aliphatic carbocycles. The zero-order valence-corrected chi connectivity index (χ0v) is 11.6. The summed E-state index contributed by atoms with van der Waals surface area (Å²) in [6.45, 7) is 1.75. The second-order valence-corrected chi connectivity index (χ2v) is 5.21. The molecule has 3 rings (SSSR count).